The number of methoxy groups -OCH3 is 1. The number of benzene rings is 1. The summed E-state index contributed by atoms with van der Waals surface area (Å²) in [5.74, 6) is 1.01. The molecule has 96 valence electrons. The van der Waals surface area contributed by atoms with E-state index in [1.807, 2.05) is 11.8 Å². The van der Waals surface area contributed by atoms with Crippen LogP contribution in [0.25, 0.3) is 0 Å². The average Bonchev–Trinajstić information content (AvgIpc) is 2.37. The number of carbonyl (C=O) groups is 1. The summed E-state index contributed by atoms with van der Waals surface area (Å²) in [4.78, 5) is 13.3. The molecule has 0 atom stereocenters. The SMILES string of the molecule is COC(=O)C1(c2ccc3c(c2)CCCS3)COC1. The van der Waals surface area contributed by atoms with Crippen molar-refractivity contribution in [1.29, 1.82) is 0 Å². The molecule has 18 heavy (non-hydrogen) atoms. The van der Waals surface area contributed by atoms with E-state index in [9.17, 15) is 4.79 Å². The molecule has 1 saturated heterocycles. The molecule has 1 fully saturated rings. The molecule has 3 nitrogen and oxygen atoms in total. The summed E-state index contributed by atoms with van der Waals surface area (Å²) in [5.41, 5.74) is 1.84. The van der Waals surface area contributed by atoms with Crippen molar-refractivity contribution in [3.05, 3.63) is 29.3 Å². The highest BCUT2D eigenvalue weighted by molar-refractivity contribution is 7.99. The predicted octanol–water partition coefficient (Wildman–Crippen LogP) is 2.17. The van der Waals surface area contributed by atoms with E-state index >= 15 is 0 Å². The van der Waals surface area contributed by atoms with Crippen LogP contribution in [0, 0.1) is 0 Å². The number of fused-ring (bicyclic) bond motifs is 1. The van der Waals surface area contributed by atoms with Gasteiger partial charge in [-0.25, -0.2) is 0 Å². The van der Waals surface area contributed by atoms with Gasteiger partial charge in [0.25, 0.3) is 0 Å². The summed E-state index contributed by atoms with van der Waals surface area (Å²) in [6.07, 6.45) is 2.32. The second-order valence-corrected chi connectivity index (χ2v) is 5.98. The molecular formula is C14H16O3S. The first-order valence-electron chi connectivity index (χ1n) is 6.19. The molecular weight excluding hydrogens is 248 g/mol. The topological polar surface area (TPSA) is 35.5 Å². The molecule has 2 aliphatic rings. The summed E-state index contributed by atoms with van der Waals surface area (Å²) < 4.78 is 10.2. The van der Waals surface area contributed by atoms with Crippen LogP contribution >= 0.6 is 11.8 Å². The molecule has 4 heteroatoms. The number of hydrogen-bond acceptors (Lipinski definition) is 4. The van der Waals surface area contributed by atoms with Crippen LogP contribution in [0.4, 0.5) is 0 Å². The van der Waals surface area contributed by atoms with E-state index < -0.39 is 5.41 Å². The number of aryl methyl sites for hydroxylation is 1. The Morgan fingerprint density at radius 1 is 1.44 bits per heavy atom. The summed E-state index contributed by atoms with van der Waals surface area (Å²) in [5, 5.41) is 0. The minimum absolute atomic E-state index is 0.183. The minimum atomic E-state index is -0.564. The van der Waals surface area contributed by atoms with Crippen LogP contribution < -0.4 is 0 Å². The van der Waals surface area contributed by atoms with E-state index in [1.165, 1.54) is 29.7 Å². The highest BCUT2D eigenvalue weighted by Gasteiger charge is 2.48. The molecule has 0 aromatic heterocycles. The number of ether oxygens (including phenoxy) is 2. The van der Waals surface area contributed by atoms with Crippen molar-refractivity contribution in [2.75, 3.05) is 26.1 Å². The smallest absolute Gasteiger partial charge is 0.321 e. The van der Waals surface area contributed by atoms with Gasteiger partial charge in [-0.15, -0.1) is 11.8 Å². The van der Waals surface area contributed by atoms with Crippen molar-refractivity contribution in [1.82, 2.24) is 0 Å². The minimum Gasteiger partial charge on any atom is -0.468 e. The summed E-state index contributed by atoms with van der Waals surface area (Å²) in [6.45, 7) is 0.872. The monoisotopic (exact) mass is 264 g/mol. The lowest BCUT2D eigenvalue weighted by Gasteiger charge is -2.39. The third kappa shape index (κ3) is 1.75. The van der Waals surface area contributed by atoms with Crippen LogP contribution in [0.2, 0.25) is 0 Å². The number of rotatable bonds is 2. The van der Waals surface area contributed by atoms with Crippen LogP contribution in [0.15, 0.2) is 23.1 Å². The number of esters is 1. The lowest BCUT2D eigenvalue weighted by Crippen LogP contribution is -2.53. The van der Waals surface area contributed by atoms with Gasteiger partial charge >= 0.3 is 5.97 Å². The maximum absolute atomic E-state index is 12.0. The van der Waals surface area contributed by atoms with Crippen molar-refractivity contribution < 1.29 is 14.3 Å². The Bertz CT molecular complexity index is 480. The first kappa shape index (κ1) is 12.1. The Morgan fingerprint density at radius 3 is 2.94 bits per heavy atom. The van der Waals surface area contributed by atoms with Crippen molar-refractivity contribution in [3.8, 4) is 0 Å². The van der Waals surface area contributed by atoms with Gasteiger partial charge in [-0.3, -0.25) is 4.79 Å². The second-order valence-electron chi connectivity index (χ2n) is 4.84. The average molecular weight is 264 g/mol. The van der Waals surface area contributed by atoms with Crippen LogP contribution in [0.3, 0.4) is 0 Å². The first-order valence-corrected chi connectivity index (χ1v) is 7.17. The van der Waals surface area contributed by atoms with E-state index in [1.54, 1.807) is 0 Å². The van der Waals surface area contributed by atoms with E-state index in [0.29, 0.717) is 13.2 Å². The van der Waals surface area contributed by atoms with Gasteiger partial charge in [0.15, 0.2) is 0 Å². The molecule has 0 unspecified atom stereocenters. The second kappa shape index (κ2) is 4.59. The number of carbonyl (C=O) groups excluding carboxylic acids is 1. The molecule has 0 bridgehead atoms. The molecule has 1 aromatic rings. The van der Waals surface area contributed by atoms with Crippen LogP contribution in [0.1, 0.15) is 17.5 Å². The Balaban J connectivity index is 1.98. The standard InChI is InChI=1S/C14H16O3S/c1-16-13(15)14(8-17-9-14)11-4-5-12-10(7-11)3-2-6-18-12/h4-5,7H,2-3,6,8-9H2,1H3. The summed E-state index contributed by atoms with van der Waals surface area (Å²) >= 11 is 1.90. The lowest BCUT2D eigenvalue weighted by molar-refractivity contribution is -0.166. The zero-order chi connectivity index (χ0) is 12.6. The third-order valence-corrected chi connectivity index (χ3v) is 4.94. The van der Waals surface area contributed by atoms with Gasteiger partial charge in [0, 0.05) is 4.90 Å². The van der Waals surface area contributed by atoms with Crippen LogP contribution in [-0.2, 0) is 26.1 Å². The Morgan fingerprint density at radius 2 is 2.28 bits per heavy atom. The van der Waals surface area contributed by atoms with Gasteiger partial charge < -0.3 is 9.47 Å². The fourth-order valence-corrected chi connectivity index (χ4v) is 3.58. The van der Waals surface area contributed by atoms with Crippen molar-refractivity contribution in [2.45, 2.75) is 23.2 Å². The van der Waals surface area contributed by atoms with Gasteiger partial charge in [-0.2, -0.15) is 0 Å². The highest BCUT2D eigenvalue weighted by atomic mass is 32.2. The maximum Gasteiger partial charge on any atom is 0.321 e. The molecule has 0 amide bonds. The quantitative estimate of drug-likeness (QED) is 0.767. The summed E-state index contributed by atoms with van der Waals surface area (Å²) in [6, 6.07) is 6.36. The van der Waals surface area contributed by atoms with Gasteiger partial charge in [0.1, 0.15) is 5.41 Å². The van der Waals surface area contributed by atoms with Crippen molar-refractivity contribution in [3.63, 3.8) is 0 Å². The lowest BCUT2D eigenvalue weighted by atomic mass is 9.78. The van der Waals surface area contributed by atoms with Gasteiger partial charge in [0.05, 0.1) is 20.3 Å². The molecule has 0 saturated carbocycles. The number of thioether (sulfide) groups is 1. The number of hydrogen-bond donors (Lipinski definition) is 0. The highest BCUT2D eigenvalue weighted by Crippen LogP contribution is 2.38. The molecule has 0 spiro atoms. The van der Waals surface area contributed by atoms with E-state index in [-0.39, 0.29) is 5.97 Å². The van der Waals surface area contributed by atoms with E-state index in [2.05, 4.69) is 18.2 Å². The fraction of sp³-hybridized carbons (Fsp3) is 0.500. The normalized spacial score (nSPS) is 20.7. The molecule has 3 rings (SSSR count). The Labute approximate surface area is 111 Å². The third-order valence-electron chi connectivity index (χ3n) is 3.73. The zero-order valence-corrected chi connectivity index (χ0v) is 11.2. The Hall–Kier alpha value is -1.00. The van der Waals surface area contributed by atoms with Crippen LogP contribution in [-0.4, -0.2) is 32.0 Å². The molecule has 0 radical (unpaired) electrons. The summed E-state index contributed by atoms with van der Waals surface area (Å²) in [7, 11) is 1.44. The molecule has 0 N–H and O–H groups in total. The molecule has 2 aliphatic heterocycles. The molecule has 0 aliphatic carbocycles. The van der Waals surface area contributed by atoms with Crippen LogP contribution in [0.5, 0.6) is 0 Å². The van der Waals surface area contributed by atoms with Gasteiger partial charge in [-0.1, -0.05) is 12.1 Å². The van der Waals surface area contributed by atoms with Gasteiger partial charge in [-0.05, 0) is 35.8 Å². The predicted molar refractivity (Wildman–Crippen MR) is 70.0 cm³/mol. The largest absolute Gasteiger partial charge is 0.468 e. The zero-order valence-electron chi connectivity index (χ0n) is 10.4. The van der Waals surface area contributed by atoms with Crippen molar-refractivity contribution >= 4 is 17.7 Å². The molecule has 2 heterocycles. The van der Waals surface area contributed by atoms with Crippen molar-refractivity contribution in [2.24, 2.45) is 0 Å². The fourth-order valence-electron chi connectivity index (χ4n) is 2.56. The first-order chi connectivity index (χ1) is 8.76. The maximum atomic E-state index is 12.0. The molecule has 1 aromatic carbocycles. The Kier molecular flexibility index (Phi) is 3.08. The van der Waals surface area contributed by atoms with E-state index in [0.717, 1.165) is 12.0 Å². The van der Waals surface area contributed by atoms with E-state index in [4.69, 9.17) is 9.47 Å². The van der Waals surface area contributed by atoms with Gasteiger partial charge in [0.2, 0.25) is 0 Å².